The Morgan fingerprint density at radius 2 is 2.04 bits per heavy atom. The third kappa shape index (κ3) is 3.29. The summed E-state index contributed by atoms with van der Waals surface area (Å²) in [6, 6.07) is 16.6. The van der Waals surface area contributed by atoms with Gasteiger partial charge in [-0.05, 0) is 42.5 Å². The highest BCUT2D eigenvalue weighted by Crippen LogP contribution is 2.29. The second-order valence-corrected chi connectivity index (χ2v) is 7.38. The van der Waals surface area contributed by atoms with E-state index in [-0.39, 0.29) is 11.9 Å². The zero-order valence-electron chi connectivity index (χ0n) is 14.2. The lowest BCUT2D eigenvalue weighted by molar-refractivity contribution is -0.119. The molecule has 1 N–H and O–H groups in total. The minimum Gasteiger partial charge on any atom is -0.349 e. The van der Waals surface area contributed by atoms with Crippen LogP contribution in [0.25, 0.3) is 11.0 Å². The van der Waals surface area contributed by atoms with Gasteiger partial charge in [0, 0.05) is 7.05 Å². The number of carbonyl (C=O) groups is 1. The van der Waals surface area contributed by atoms with Crippen LogP contribution in [0.3, 0.4) is 0 Å². The fraction of sp³-hybridized carbons (Fsp3) is 0.300. The number of imidazole rings is 1. The number of amides is 1. The zero-order chi connectivity index (χ0) is 17.2. The number of hydrogen-bond donors (Lipinski definition) is 1. The Morgan fingerprint density at radius 1 is 1.24 bits per heavy atom. The molecule has 3 aromatic rings. The van der Waals surface area contributed by atoms with Crippen LogP contribution in [0.5, 0.6) is 0 Å². The molecule has 0 saturated heterocycles. The predicted molar refractivity (Wildman–Crippen MR) is 102 cm³/mol. The van der Waals surface area contributed by atoms with Gasteiger partial charge in [-0.1, -0.05) is 48.2 Å². The lowest BCUT2D eigenvalue weighted by Gasteiger charge is -2.26. The smallest absolute Gasteiger partial charge is 0.230 e. The van der Waals surface area contributed by atoms with Gasteiger partial charge in [0.25, 0.3) is 0 Å². The first-order valence-corrected chi connectivity index (χ1v) is 9.62. The quantitative estimate of drug-likeness (QED) is 0.726. The van der Waals surface area contributed by atoms with E-state index in [4.69, 9.17) is 0 Å². The van der Waals surface area contributed by atoms with Gasteiger partial charge < -0.3 is 9.88 Å². The van der Waals surface area contributed by atoms with Crippen LogP contribution in [0, 0.1) is 0 Å². The lowest BCUT2D eigenvalue weighted by Crippen LogP contribution is -2.32. The molecule has 0 saturated carbocycles. The second-order valence-electron chi connectivity index (χ2n) is 6.44. The first kappa shape index (κ1) is 16.2. The monoisotopic (exact) mass is 351 g/mol. The number of para-hydroxylation sites is 2. The minimum absolute atomic E-state index is 0.0683. The Labute approximate surface area is 151 Å². The van der Waals surface area contributed by atoms with Crippen molar-refractivity contribution >= 4 is 28.7 Å². The number of aryl methyl sites for hydroxylation is 2. The second kappa shape index (κ2) is 6.92. The number of benzene rings is 2. The summed E-state index contributed by atoms with van der Waals surface area (Å²) in [6.45, 7) is 0. The van der Waals surface area contributed by atoms with Crippen LogP contribution in [0.2, 0.25) is 0 Å². The van der Waals surface area contributed by atoms with E-state index in [9.17, 15) is 4.79 Å². The topological polar surface area (TPSA) is 46.9 Å². The van der Waals surface area contributed by atoms with Crippen LogP contribution in [0.15, 0.2) is 53.7 Å². The van der Waals surface area contributed by atoms with E-state index in [2.05, 4.69) is 34.6 Å². The molecule has 1 atom stereocenters. The molecular weight excluding hydrogens is 330 g/mol. The first-order valence-electron chi connectivity index (χ1n) is 8.64. The highest BCUT2D eigenvalue weighted by atomic mass is 32.2. The normalized spacial score (nSPS) is 16.6. The highest BCUT2D eigenvalue weighted by Gasteiger charge is 2.21. The van der Waals surface area contributed by atoms with Crippen LogP contribution in [0.1, 0.15) is 30.0 Å². The van der Waals surface area contributed by atoms with Crippen molar-refractivity contribution < 1.29 is 4.79 Å². The zero-order valence-corrected chi connectivity index (χ0v) is 15.1. The SMILES string of the molecule is Cn1c(SCC(=O)NC2CCCc3ccccc32)nc2ccccc21. The number of rotatable bonds is 4. The van der Waals surface area contributed by atoms with Crippen LogP contribution in [0.4, 0.5) is 0 Å². The molecule has 4 nitrogen and oxygen atoms in total. The summed E-state index contributed by atoms with van der Waals surface area (Å²) in [6.07, 6.45) is 3.25. The summed E-state index contributed by atoms with van der Waals surface area (Å²) in [5.41, 5.74) is 4.69. The average Bonchev–Trinajstić information content (AvgIpc) is 2.97. The lowest BCUT2D eigenvalue weighted by atomic mass is 9.88. The first-order chi connectivity index (χ1) is 12.2. The fourth-order valence-corrected chi connectivity index (χ4v) is 4.32. The highest BCUT2D eigenvalue weighted by molar-refractivity contribution is 7.99. The van der Waals surface area contributed by atoms with Gasteiger partial charge in [-0.3, -0.25) is 4.79 Å². The van der Waals surface area contributed by atoms with Gasteiger partial charge in [0.1, 0.15) is 0 Å². The molecule has 1 amide bonds. The van der Waals surface area contributed by atoms with E-state index in [1.54, 1.807) is 0 Å². The molecule has 5 heteroatoms. The van der Waals surface area contributed by atoms with Crippen molar-refractivity contribution in [2.75, 3.05) is 5.75 Å². The number of hydrogen-bond acceptors (Lipinski definition) is 3. The summed E-state index contributed by atoms with van der Waals surface area (Å²) in [5, 5.41) is 4.08. The Bertz CT molecular complexity index is 918. The molecule has 1 heterocycles. The van der Waals surface area contributed by atoms with Crippen molar-refractivity contribution in [1.29, 1.82) is 0 Å². The standard InChI is InChI=1S/C20H21N3OS/c1-23-18-12-5-4-10-17(18)22-20(23)25-13-19(24)21-16-11-6-8-14-7-2-3-9-15(14)16/h2-5,7,9-10,12,16H,6,8,11,13H2,1H3,(H,21,24). The van der Waals surface area contributed by atoms with Gasteiger partial charge in [-0.25, -0.2) is 4.98 Å². The molecular formula is C20H21N3OS. The average molecular weight is 351 g/mol. The van der Waals surface area contributed by atoms with Gasteiger partial charge in [-0.2, -0.15) is 0 Å². The molecule has 0 spiro atoms. The number of nitrogens with one attached hydrogen (secondary N) is 1. The fourth-order valence-electron chi connectivity index (χ4n) is 3.52. The van der Waals surface area contributed by atoms with Crippen molar-refractivity contribution in [3.63, 3.8) is 0 Å². The van der Waals surface area contributed by atoms with E-state index in [1.165, 1.54) is 22.9 Å². The van der Waals surface area contributed by atoms with Gasteiger partial charge >= 0.3 is 0 Å². The minimum atomic E-state index is 0.0683. The van der Waals surface area contributed by atoms with Gasteiger partial charge in [-0.15, -0.1) is 0 Å². The molecule has 1 aliphatic rings. The molecule has 4 rings (SSSR count). The van der Waals surface area contributed by atoms with Gasteiger partial charge in [0.2, 0.25) is 5.91 Å². The van der Waals surface area contributed by atoms with Gasteiger partial charge in [0.05, 0.1) is 22.8 Å². The van der Waals surface area contributed by atoms with Crippen LogP contribution >= 0.6 is 11.8 Å². The molecule has 1 aliphatic carbocycles. The Morgan fingerprint density at radius 3 is 2.92 bits per heavy atom. The molecule has 1 unspecified atom stereocenters. The van der Waals surface area contributed by atoms with Crippen molar-refractivity contribution in [2.45, 2.75) is 30.5 Å². The van der Waals surface area contributed by atoms with Crippen molar-refractivity contribution in [3.8, 4) is 0 Å². The number of carbonyl (C=O) groups excluding carboxylic acids is 1. The maximum atomic E-state index is 12.5. The summed E-state index contributed by atoms with van der Waals surface area (Å²) < 4.78 is 2.04. The van der Waals surface area contributed by atoms with E-state index >= 15 is 0 Å². The summed E-state index contributed by atoms with van der Waals surface area (Å²) in [7, 11) is 1.99. The van der Waals surface area contributed by atoms with Crippen molar-refractivity contribution in [1.82, 2.24) is 14.9 Å². The number of nitrogens with zero attached hydrogens (tertiary/aromatic N) is 2. The van der Waals surface area contributed by atoms with Crippen LogP contribution in [-0.2, 0) is 18.3 Å². The maximum Gasteiger partial charge on any atom is 0.230 e. The van der Waals surface area contributed by atoms with Gasteiger partial charge in [0.15, 0.2) is 5.16 Å². The molecule has 128 valence electrons. The third-order valence-corrected chi connectivity index (χ3v) is 5.81. The van der Waals surface area contributed by atoms with Crippen molar-refractivity contribution in [2.24, 2.45) is 7.05 Å². The van der Waals surface area contributed by atoms with Crippen LogP contribution < -0.4 is 5.32 Å². The Hall–Kier alpha value is -2.27. The number of thioether (sulfide) groups is 1. The van der Waals surface area contributed by atoms with E-state index in [0.717, 1.165) is 35.5 Å². The van der Waals surface area contributed by atoms with Crippen LogP contribution in [-0.4, -0.2) is 21.2 Å². The molecule has 0 fully saturated rings. The summed E-state index contributed by atoms with van der Waals surface area (Å²) >= 11 is 1.49. The third-order valence-electron chi connectivity index (χ3n) is 4.78. The summed E-state index contributed by atoms with van der Waals surface area (Å²) in [5.74, 6) is 0.453. The van der Waals surface area contributed by atoms with E-state index < -0.39 is 0 Å². The molecule has 1 aromatic heterocycles. The molecule has 0 bridgehead atoms. The maximum absolute atomic E-state index is 12.5. The Balaban J connectivity index is 1.42. The van der Waals surface area contributed by atoms with E-state index in [1.807, 2.05) is 35.9 Å². The predicted octanol–water partition coefficient (Wildman–Crippen LogP) is 3.86. The molecule has 2 aromatic carbocycles. The van der Waals surface area contributed by atoms with Crippen molar-refractivity contribution in [3.05, 3.63) is 59.7 Å². The molecule has 25 heavy (non-hydrogen) atoms. The number of fused-ring (bicyclic) bond motifs is 2. The summed E-state index contributed by atoms with van der Waals surface area (Å²) in [4.78, 5) is 17.1. The molecule has 0 radical (unpaired) electrons. The largest absolute Gasteiger partial charge is 0.349 e. The molecule has 0 aliphatic heterocycles. The Kier molecular flexibility index (Phi) is 4.49. The van der Waals surface area contributed by atoms with E-state index in [0.29, 0.717) is 5.75 Å². The number of aromatic nitrogens is 2.